The van der Waals surface area contributed by atoms with Gasteiger partial charge in [0.1, 0.15) is 0 Å². The summed E-state index contributed by atoms with van der Waals surface area (Å²) in [5.41, 5.74) is 2.92. The fraction of sp³-hybridized carbons (Fsp3) is 0.450. The Morgan fingerprint density at radius 1 is 1.34 bits per heavy atom. The second-order valence-corrected chi connectivity index (χ2v) is 9.57. The standard InChI is InChI=1S/C20H28ClN5O2S/c1-4-22-20(25(3)15-18-13-17(21)14-24(18)2)23-10-12-29(27,28)26-11-9-16-7-5-6-8-19(16)26/h5-8,13-14H,4,9-12,15H2,1-3H3,(H,22,23). The number of aryl methyl sites for hydroxylation is 1. The third kappa shape index (κ3) is 5.05. The molecule has 1 aliphatic heterocycles. The minimum absolute atomic E-state index is 0.0277. The number of hydrogen-bond donors (Lipinski definition) is 1. The summed E-state index contributed by atoms with van der Waals surface area (Å²) in [7, 11) is 0.455. The molecular formula is C20H28ClN5O2S. The first-order chi connectivity index (χ1) is 13.8. The molecule has 0 bridgehead atoms. The second-order valence-electron chi connectivity index (χ2n) is 7.12. The molecular weight excluding hydrogens is 410 g/mol. The number of para-hydroxylation sites is 1. The summed E-state index contributed by atoms with van der Waals surface area (Å²) < 4.78 is 29.2. The highest BCUT2D eigenvalue weighted by Gasteiger charge is 2.28. The monoisotopic (exact) mass is 437 g/mol. The van der Waals surface area contributed by atoms with Gasteiger partial charge in [0.25, 0.3) is 0 Å². The van der Waals surface area contributed by atoms with E-state index in [4.69, 9.17) is 11.6 Å². The van der Waals surface area contributed by atoms with Crippen LogP contribution in [0.3, 0.4) is 0 Å². The van der Waals surface area contributed by atoms with Gasteiger partial charge < -0.3 is 14.8 Å². The lowest BCUT2D eigenvalue weighted by molar-refractivity contribution is 0.462. The number of anilines is 1. The normalized spacial score (nSPS) is 14.2. The molecule has 0 saturated carbocycles. The molecule has 2 heterocycles. The number of rotatable bonds is 7. The number of aliphatic imine (C=N–C) groups is 1. The number of guanidine groups is 1. The van der Waals surface area contributed by atoms with Crippen LogP contribution in [0.15, 0.2) is 41.5 Å². The van der Waals surface area contributed by atoms with Gasteiger partial charge in [-0.15, -0.1) is 0 Å². The maximum atomic E-state index is 12.8. The van der Waals surface area contributed by atoms with E-state index in [0.29, 0.717) is 30.6 Å². The molecule has 1 N–H and O–H groups in total. The number of nitrogens with zero attached hydrogens (tertiary/aromatic N) is 4. The number of aromatic nitrogens is 1. The van der Waals surface area contributed by atoms with Gasteiger partial charge in [0.05, 0.1) is 29.6 Å². The van der Waals surface area contributed by atoms with Crippen LogP contribution in [0.5, 0.6) is 0 Å². The van der Waals surface area contributed by atoms with Crippen LogP contribution in [0.25, 0.3) is 0 Å². The summed E-state index contributed by atoms with van der Waals surface area (Å²) in [4.78, 5) is 6.51. The molecule has 0 spiro atoms. The summed E-state index contributed by atoms with van der Waals surface area (Å²) in [5.74, 6) is 0.641. The Hall–Kier alpha value is -2.19. The van der Waals surface area contributed by atoms with Gasteiger partial charge in [0.2, 0.25) is 10.0 Å². The fourth-order valence-corrected chi connectivity index (χ4v) is 5.15. The second kappa shape index (κ2) is 9.09. The maximum Gasteiger partial charge on any atom is 0.237 e. The quantitative estimate of drug-likeness (QED) is 0.533. The molecule has 29 heavy (non-hydrogen) atoms. The van der Waals surface area contributed by atoms with E-state index in [1.807, 2.05) is 67.0 Å². The molecule has 0 amide bonds. The highest BCUT2D eigenvalue weighted by Crippen LogP contribution is 2.29. The summed E-state index contributed by atoms with van der Waals surface area (Å²) >= 11 is 6.07. The Kier molecular flexibility index (Phi) is 6.74. The minimum atomic E-state index is -3.41. The minimum Gasteiger partial charge on any atom is -0.357 e. The van der Waals surface area contributed by atoms with E-state index in [1.165, 1.54) is 4.31 Å². The molecule has 9 heteroatoms. The van der Waals surface area contributed by atoms with Crippen LogP contribution >= 0.6 is 11.6 Å². The van der Waals surface area contributed by atoms with Crippen molar-refractivity contribution in [3.8, 4) is 0 Å². The SMILES string of the molecule is CCNC(=NCCS(=O)(=O)N1CCc2ccccc21)N(C)Cc1cc(Cl)cn1C. The molecule has 7 nitrogen and oxygen atoms in total. The van der Waals surface area contributed by atoms with E-state index < -0.39 is 10.0 Å². The fourth-order valence-electron chi connectivity index (χ4n) is 3.48. The van der Waals surface area contributed by atoms with Crippen LogP contribution < -0.4 is 9.62 Å². The predicted molar refractivity (Wildman–Crippen MR) is 119 cm³/mol. The molecule has 0 aliphatic carbocycles. The van der Waals surface area contributed by atoms with Gasteiger partial charge in [-0.05, 0) is 31.0 Å². The number of halogens is 1. The van der Waals surface area contributed by atoms with Crippen LogP contribution in [0.2, 0.25) is 5.02 Å². The molecule has 0 fully saturated rings. The molecule has 0 atom stereocenters. The Morgan fingerprint density at radius 3 is 2.79 bits per heavy atom. The van der Waals surface area contributed by atoms with Gasteiger partial charge in [-0.1, -0.05) is 29.8 Å². The Morgan fingerprint density at radius 2 is 2.10 bits per heavy atom. The molecule has 0 unspecified atom stereocenters. The Bertz CT molecular complexity index is 987. The lowest BCUT2D eigenvalue weighted by atomic mass is 10.2. The number of nitrogens with one attached hydrogen (secondary N) is 1. The lowest BCUT2D eigenvalue weighted by Gasteiger charge is -2.23. The van der Waals surface area contributed by atoms with Crippen molar-refractivity contribution >= 4 is 33.3 Å². The van der Waals surface area contributed by atoms with Crippen molar-refractivity contribution in [1.82, 2.24) is 14.8 Å². The van der Waals surface area contributed by atoms with Crippen molar-refractivity contribution in [1.29, 1.82) is 0 Å². The molecule has 1 aromatic heterocycles. The maximum absolute atomic E-state index is 12.8. The summed E-state index contributed by atoms with van der Waals surface area (Å²) in [6, 6.07) is 9.58. The Balaban J connectivity index is 1.66. The van der Waals surface area contributed by atoms with Crippen molar-refractivity contribution in [2.45, 2.75) is 19.9 Å². The van der Waals surface area contributed by atoms with Crippen LogP contribution in [0.1, 0.15) is 18.2 Å². The topological polar surface area (TPSA) is 69.9 Å². The van der Waals surface area contributed by atoms with Crippen LogP contribution in [-0.4, -0.2) is 56.3 Å². The number of hydrogen-bond acceptors (Lipinski definition) is 3. The first kappa shape index (κ1) is 21.5. The van der Waals surface area contributed by atoms with E-state index >= 15 is 0 Å². The largest absolute Gasteiger partial charge is 0.357 e. The van der Waals surface area contributed by atoms with Crippen molar-refractivity contribution in [3.05, 3.63) is 52.8 Å². The van der Waals surface area contributed by atoms with Gasteiger partial charge >= 0.3 is 0 Å². The first-order valence-corrected chi connectivity index (χ1v) is 11.7. The van der Waals surface area contributed by atoms with Crippen molar-refractivity contribution in [2.24, 2.45) is 12.0 Å². The van der Waals surface area contributed by atoms with Gasteiger partial charge in [-0.3, -0.25) is 9.30 Å². The molecule has 1 aromatic carbocycles. The van der Waals surface area contributed by atoms with Crippen LogP contribution in [0.4, 0.5) is 5.69 Å². The van der Waals surface area contributed by atoms with Crippen molar-refractivity contribution in [2.75, 3.05) is 36.7 Å². The smallest absolute Gasteiger partial charge is 0.237 e. The summed E-state index contributed by atoms with van der Waals surface area (Å²) in [6.45, 7) is 3.99. The lowest BCUT2D eigenvalue weighted by Crippen LogP contribution is -2.39. The van der Waals surface area contributed by atoms with E-state index in [2.05, 4.69) is 10.3 Å². The third-order valence-corrected chi connectivity index (χ3v) is 6.92. The van der Waals surface area contributed by atoms with E-state index in [0.717, 1.165) is 23.4 Å². The van der Waals surface area contributed by atoms with Gasteiger partial charge in [-0.25, -0.2) is 8.42 Å². The Labute approximate surface area is 178 Å². The summed E-state index contributed by atoms with van der Waals surface area (Å²) in [5, 5.41) is 3.92. The van der Waals surface area contributed by atoms with E-state index in [-0.39, 0.29) is 12.3 Å². The third-order valence-electron chi connectivity index (χ3n) is 4.96. The predicted octanol–water partition coefficient (Wildman–Crippen LogP) is 2.47. The molecule has 2 aromatic rings. The molecule has 3 rings (SSSR count). The molecule has 1 aliphatic rings. The molecule has 158 valence electrons. The van der Waals surface area contributed by atoms with Gasteiger partial charge in [0.15, 0.2) is 5.96 Å². The van der Waals surface area contributed by atoms with Gasteiger partial charge in [0, 0.05) is 39.1 Å². The average Bonchev–Trinajstić information content (AvgIpc) is 3.24. The number of sulfonamides is 1. The number of benzene rings is 1. The van der Waals surface area contributed by atoms with Crippen molar-refractivity contribution < 1.29 is 8.42 Å². The van der Waals surface area contributed by atoms with E-state index in [1.54, 1.807) is 0 Å². The zero-order valence-corrected chi connectivity index (χ0v) is 18.7. The molecule has 0 radical (unpaired) electrons. The van der Waals surface area contributed by atoms with Crippen LogP contribution in [0, 0.1) is 0 Å². The summed E-state index contributed by atoms with van der Waals surface area (Å²) in [6.07, 6.45) is 2.61. The van der Waals surface area contributed by atoms with Crippen molar-refractivity contribution in [3.63, 3.8) is 0 Å². The first-order valence-electron chi connectivity index (χ1n) is 9.70. The highest BCUT2D eigenvalue weighted by molar-refractivity contribution is 7.92. The van der Waals surface area contributed by atoms with E-state index in [9.17, 15) is 8.42 Å². The van der Waals surface area contributed by atoms with Crippen LogP contribution in [-0.2, 0) is 30.0 Å². The number of fused-ring (bicyclic) bond motifs is 1. The van der Waals surface area contributed by atoms with Gasteiger partial charge in [-0.2, -0.15) is 0 Å². The highest BCUT2D eigenvalue weighted by atomic mass is 35.5. The molecule has 0 saturated heterocycles. The zero-order valence-electron chi connectivity index (χ0n) is 17.1. The zero-order chi connectivity index (χ0) is 21.0. The average molecular weight is 438 g/mol.